The third kappa shape index (κ3) is 3.63. The van der Waals surface area contributed by atoms with Gasteiger partial charge in [-0.25, -0.2) is 9.37 Å². The first-order valence-corrected chi connectivity index (χ1v) is 10.2. The number of amides is 1. The van der Waals surface area contributed by atoms with Crippen LogP contribution in [0.3, 0.4) is 0 Å². The molecule has 0 saturated carbocycles. The molecular formula is C22H20FN9O. The standard InChI is InChI=1S/C22H20FN9O/c1-11-5-4-6-12(2)18(11)32-10-24-20(33)16-17(15-8-7-14(23)9-13(15)3)25-21(26-19(16)32)27-22-28-30-31-29-22/h4-9H,10H2,1-3H3,(H,24,33)(H2,25,26,27,28,29,30,31). The number of aromatic amines is 1. The number of hydrogen-bond donors (Lipinski definition) is 3. The van der Waals surface area contributed by atoms with Crippen LogP contribution in [0, 0.1) is 26.6 Å². The fourth-order valence-electron chi connectivity index (χ4n) is 4.04. The highest BCUT2D eigenvalue weighted by Gasteiger charge is 2.32. The summed E-state index contributed by atoms with van der Waals surface area (Å²) in [5.41, 5.74) is 4.92. The van der Waals surface area contributed by atoms with Crippen LogP contribution in [0.15, 0.2) is 36.4 Å². The monoisotopic (exact) mass is 445 g/mol. The minimum absolute atomic E-state index is 0.176. The predicted molar refractivity (Wildman–Crippen MR) is 120 cm³/mol. The van der Waals surface area contributed by atoms with Crippen LogP contribution in [0.25, 0.3) is 11.3 Å². The van der Waals surface area contributed by atoms with E-state index < -0.39 is 0 Å². The molecule has 0 unspecified atom stereocenters. The maximum Gasteiger partial charge on any atom is 0.269 e. The molecule has 10 nitrogen and oxygen atoms in total. The molecular weight excluding hydrogens is 425 g/mol. The summed E-state index contributed by atoms with van der Waals surface area (Å²) < 4.78 is 13.8. The van der Waals surface area contributed by atoms with Crippen molar-refractivity contribution in [2.75, 3.05) is 16.9 Å². The van der Waals surface area contributed by atoms with Crippen LogP contribution in [-0.2, 0) is 0 Å². The Balaban J connectivity index is 1.77. The number of benzene rings is 2. The van der Waals surface area contributed by atoms with E-state index in [1.54, 1.807) is 13.0 Å². The summed E-state index contributed by atoms with van der Waals surface area (Å²) in [7, 11) is 0. The molecule has 0 aliphatic carbocycles. The second-order valence-electron chi connectivity index (χ2n) is 7.75. The number of halogens is 1. The van der Waals surface area contributed by atoms with Crippen molar-refractivity contribution >= 4 is 29.3 Å². The highest BCUT2D eigenvalue weighted by Crippen LogP contribution is 2.39. The lowest BCUT2D eigenvalue weighted by Crippen LogP contribution is -2.42. The van der Waals surface area contributed by atoms with Gasteiger partial charge >= 0.3 is 0 Å². The van der Waals surface area contributed by atoms with E-state index in [-0.39, 0.29) is 30.3 Å². The molecule has 0 atom stereocenters. The van der Waals surface area contributed by atoms with E-state index in [0.29, 0.717) is 28.2 Å². The van der Waals surface area contributed by atoms with Crippen LogP contribution in [0.4, 0.5) is 27.8 Å². The Morgan fingerprint density at radius 3 is 2.52 bits per heavy atom. The number of carbonyl (C=O) groups excluding carboxylic acids is 1. The average molecular weight is 445 g/mol. The van der Waals surface area contributed by atoms with Crippen molar-refractivity contribution < 1.29 is 9.18 Å². The van der Waals surface area contributed by atoms with Gasteiger partial charge in [-0.15, -0.1) is 5.10 Å². The van der Waals surface area contributed by atoms with Gasteiger partial charge in [-0.2, -0.15) is 10.2 Å². The third-order valence-electron chi connectivity index (χ3n) is 5.49. The number of nitrogens with one attached hydrogen (secondary N) is 3. The molecule has 3 N–H and O–H groups in total. The number of aromatic nitrogens is 6. The van der Waals surface area contributed by atoms with E-state index in [1.165, 1.54) is 12.1 Å². The van der Waals surface area contributed by atoms with Crippen molar-refractivity contribution in [2.45, 2.75) is 20.8 Å². The minimum atomic E-state index is -0.370. The fourth-order valence-corrected chi connectivity index (χ4v) is 4.04. The molecule has 1 aliphatic rings. The molecule has 3 heterocycles. The normalized spacial score (nSPS) is 13.0. The highest BCUT2D eigenvalue weighted by atomic mass is 19.1. The van der Waals surface area contributed by atoms with Crippen molar-refractivity contribution in [3.63, 3.8) is 0 Å². The fraction of sp³-hybridized carbons (Fsp3) is 0.182. The largest absolute Gasteiger partial charge is 0.334 e. The van der Waals surface area contributed by atoms with Gasteiger partial charge in [-0.3, -0.25) is 10.1 Å². The summed E-state index contributed by atoms with van der Waals surface area (Å²) in [4.78, 5) is 24.3. The predicted octanol–water partition coefficient (Wildman–Crippen LogP) is 3.30. The number of rotatable bonds is 4. The smallest absolute Gasteiger partial charge is 0.269 e. The van der Waals surface area contributed by atoms with E-state index in [2.05, 4.69) is 41.2 Å². The van der Waals surface area contributed by atoms with Gasteiger partial charge in [0, 0.05) is 5.56 Å². The van der Waals surface area contributed by atoms with Gasteiger partial charge in [0.2, 0.25) is 5.95 Å². The van der Waals surface area contributed by atoms with E-state index in [0.717, 1.165) is 16.8 Å². The SMILES string of the molecule is Cc1cc(F)ccc1-c1nc(Nc2nn[nH]n2)nc2c1C(=O)NCN2c1c(C)cccc1C. The van der Waals surface area contributed by atoms with Crippen LogP contribution < -0.4 is 15.5 Å². The second-order valence-corrected chi connectivity index (χ2v) is 7.75. The molecule has 0 bridgehead atoms. The van der Waals surface area contributed by atoms with Gasteiger partial charge in [0.1, 0.15) is 11.4 Å². The molecule has 1 aliphatic heterocycles. The molecule has 1 amide bonds. The van der Waals surface area contributed by atoms with Gasteiger partial charge in [0.25, 0.3) is 11.9 Å². The topological polar surface area (TPSA) is 125 Å². The summed E-state index contributed by atoms with van der Waals surface area (Å²) in [6.07, 6.45) is 0. The number of hydrogen-bond acceptors (Lipinski definition) is 8. The maximum absolute atomic E-state index is 13.8. The molecule has 2 aromatic carbocycles. The molecule has 4 aromatic rings. The van der Waals surface area contributed by atoms with Gasteiger partial charge in [-0.1, -0.05) is 23.3 Å². The Morgan fingerprint density at radius 1 is 1.03 bits per heavy atom. The Hall–Kier alpha value is -4.41. The van der Waals surface area contributed by atoms with Gasteiger partial charge < -0.3 is 10.2 Å². The van der Waals surface area contributed by atoms with Crippen molar-refractivity contribution in [1.29, 1.82) is 0 Å². The zero-order valence-electron chi connectivity index (χ0n) is 18.1. The Labute approximate surface area is 188 Å². The molecule has 11 heteroatoms. The van der Waals surface area contributed by atoms with Crippen molar-refractivity contribution in [3.05, 3.63) is 64.5 Å². The first kappa shape index (κ1) is 20.5. The highest BCUT2D eigenvalue weighted by molar-refractivity contribution is 6.07. The summed E-state index contributed by atoms with van der Waals surface area (Å²) in [5.74, 6) is 0.106. The first-order chi connectivity index (χ1) is 15.9. The van der Waals surface area contributed by atoms with Gasteiger partial charge in [0.05, 0.1) is 18.1 Å². The van der Waals surface area contributed by atoms with Crippen LogP contribution >= 0.6 is 0 Å². The molecule has 5 rings (SSSR count). The minimum Gasteiger partial charge on any atom is -0.334 e. The van der Waals surface area contributed by atoms with Crippen LogP contribution in [0.2, 0.25) is 0 Å². The summed E-state index contributed by atoms with van der Waals surface area (Å²) in [6.45, 7) is 6.01. The number of para-hydroxylation sites is 1. The molecule has 0 fully saturated rings. The average Bonchev–Trinajstić information content (AvgIpc) is 3.28. The molecule has 0 spiro atoms. The van der Waals surface area contributed by atoms with Crippen LogP contribution in [0.5, 0.6) is 0 Å². The number of carbonyl (C=O) groups is 1. The summed E-state index contributed by atoms with van der Waals surface area (Å²) in [6, 6.07) is 10.3. The first-order valence-electron chi connectivity index (χ1n) is 10.2. The van der Waals surface area contributed by atoms with E-state index in [1.807, 2.05) is 36.9 Å². The molecule has 166 valence electrons. The molecule has 0 radical (unpaired) electrons. The summed E-state index contributed by atoms with van der Waals surface area (Å²) in [5, 5.41) is 19.5. The lowest BCUT2D eigenvalue weighted by Gasteiger charge is -2.33. The number of H-pyrrole nitrogens is 1. The zero-order chi connectivity index (χ0) is 23.1. The van der Waals surface area contributed by atoms with Crippen molar-refractivity contribution in [3.8, 4) is 11.3 Å². The Bertz CT molecular complexity index is 1350. The second kappa shape index (κ2) is 7.93. The zero-order valence-corrected chi connectivity index (χ0v) is 18.1. The van der Waals surface area contributed by atoms with Crippen LogP contribution in [-0.4, -0.2) is 43.2 Å². The van der Waals surface area contributed by atoms with E-state index >= 15 is 0 Å². The van der Waals surface area contributed by atoms with Crippen LogP contribution in [0.1, 0.15) is 27.0 Å². The van der Waals surface area contributed by atoms with Crippen molar-refractivity contribution in [2.24, 2.45) is 0 Å². The summed E-state index contributed by atoms with van der Waals surface area (Å²) >= 11 is 0. The lowest BCUT2D eigenvalue weighted by molar-refractivity contribution is 0.0949. The number of tetrazole rings is 1. The van der Waals surface area contributed by atoms with Crippen molar-refractivity contribution in [1.82, 2.24) is 35.9 Å². The number of fused-ring (bicyclic) bond motifs is 1. The van der Waals surface area contributed by atoms with E-state index in [4.69, 9.17) is 0 Å². The third-order valence-corrected chi connectivity index (χ3v) is 5.49. The van der Waals surface area contributed by atoms with Gasteiger partial charge in [-0.05, 0) is 60.9 Å². The van der Waals surface area contributed by atoms with Gasteiger partial charge in [0.15, 0.2) is 5.82 Å². The molecule has 33 heavy (non-hydrogen) atoms. The number of aryl methyl sites for hydroxylation is 3. The quantitative estimate of drug-likeness (QED) is 0.437. The lowest BCUT2D eigenvalue weighted by atomic mass is 9.99. The number of anilines is 4. The van der Waals surface area contributed by atoms with E-state index in [9.17, 15) is 9.18 Å². The molecule has 2 aromatic heterocycles. The molecule has 0 saturated heterocycles. The number of nitrogens with zero attached hydrogens (tertiary/aromatic N) is 6. The maximum atomic E-state index is 13.8. The Kier molecular flexibility index (Phi) is 4.93. The Morgan fingerprint density at radius 2 is 1.82 bits per heavy atom.